The molecule has 1 aromatic carbocycles. The molecule has 0 aliphatic heterocycles. The molecule has 1 aromatic heterocycles. The monoisotopic (exact) mass is 268 g/mol. The Kier molecular flexibility index (Phi) is 2.82. The van der Waals surface area contributed by atoms with Crippen LogP contribution in [0.15, 0.2) is 24.4 Å². The van der Waals surface area contributed by atoms with Crippen LogP contribution in [0.1, 0.15) is 48.8 Å². The van der Waals surface area contributed by atoms with Crippen molar-refractivity contribution in [3.05, 3.63) is 41.2 Å². The Balaban J connectivity index is 2.23. The molecule has 3 heteroatoms. The Labute approximate surface area is 119 Å². The molecule has 1 aliphatic carbocycles. The van der Waals surface area contributed by atoms with Gasteiger partial charge in [0.15, 0.2) is 5.78 Å². The molecule has 3 nitrogen and oxygen atoms in total. The predicted molar refractivity (Wildman–Crippen MR) is 80.0 cm³/mol. The van der Waals surface area contributed by atoms with Gasteiger partial charge >= 0.3 is 0 Å². The fraction of sp³-hybridized carbons (Fsp3) is 0.412. The normalized spacial score (nSPS) is 14.7. The fourth-order valence-corrected chi connectivity index (χ4v) is 2.98. The summed E-state index contributed by atoms with van der Waals surface area (Å²) in [5.41, 5.74) is 5.50. The molecule has 20 heavy (non-hydrogen) atoms. The number of rotatable bonds is 1. The summed E-state index contributed by atoms with van der Waals surface area (Å²) in [5, 5.41) is 4.63. The van der Waals surface area contributed by atoms with Crippen molar-refractivity contribution < 1.29 is 4.79 Å². The highest BCUT2D eigenvalue weighted by Crippen LogP contribution is 2.37. The van der Waals surface area contributed by atoms with Crippen molar-refractivity contribution in [3.8, 4) is 11.1 Å². The van der Waals surface area contributed by atoms with E-state index in [0.29, 0.717) is 6.42 Å². The largest absolute Gasteiger partial charge is 0.294 e. The SMILES string of the molecule is Cn1cc(-c2cccc3c2CCC3=O)c(C(C)(C)C)n1. The van der Waals surface area contributed by atoms with E-state index in [1.807, 2.05) is 23.9 Å². The topological polar surface area (TPSA) is 34.9 Å². The van der Waals surface area contributed by atoms with E-state index in [1.54, 1.807) is 0 Å². The summed E-state index contributed by atoms with van der Waals surface area (Å²) in [6.07, 6.45) is 3.55. The maximum atomic E-state index is 11.9. The minimum atomic E-state index is -0.0120. The van der Waals surface area contributed by atoms with Crippen LogP contribution in [-0.2, 0) is 18.9 Å². The second-order valence-corrected chi connectivity index (χ2v) is 6.57. The van der Waals surface area contributed by atoms with Gasteiger partial charge in [0.05, 0.1) is 5.69 Å². The van der Waals surface area contributed by atoms with Gasteiger partial charge in [0.2, 0.25) is 0 Å². The molecule has 2 aromatic rings. The van der Waals surface area contributed by atoms with Crippen LogP contribution in [0.2, 0.25) is 0 Å². The number of aromatic nitrogens is 2. The lowest BCUT2D eigenvalue weighted by atomic mass is 9.86. The van der Waals surface area contributed by atoms with Crippen molar-refractivity contribution in [1.82, 2.24) is 9.78 Å². The zero-order valence-electron chi connectivity index (χ0n) is 12.5. The number of nitrogens with zero attached hydrogens (tertiary/aromatic N) is 2. The van der Waals surface area contributed by atoms with Gasteiger partial charge in [-0.05, 0) is 17.5 Å². The first-order valence-corrected chi connectivity index (χ1v) is 7.07. The van der Waals surface area contributed by atoms with Crippen LogP contribution in [0.4, 0.5) is 0 Å². The van der Waals surface area contributed by atoms with Crippen molar-refractivity contribution >= 4 is 5.78 Å². The summed E-state index contributed by atoms with van der Waals surface area (Å²) in [6, 6.07) is 6.04. The van der Waals surface area contributed by atoms with E-state index in [4.69, 9.17) is 0 Å². The van der Waals surface area contributed by atoms with Gasteiger partial charge in [0.1, 0.15) is 0 Å². The first kappa shape index (κ1) is 13.1. The Morgan fingerprint density at radius 1 is 1.10 bits per heavy atom. The summed E-state index contributed by atoms with van der Waals surface area (Å²) < 4.78 is 1.87. The van der Waals surface area contributed by atoms with Crippen LogP contribution in [0.25, 0.3) is 11.1 Å². The number of hydrogen-bond donors (Lipinski definition) is 0. The number of fused-ring (bicyclic) bond motifs is 1. The summed E-state index contributed by atoms with van der Waals surface area (Å²) in [7, 11) is 1.95. The predicted octanol–water partition coefficient (Wildman–Crippen LogP) is 3.51. The first-order chi connectivity index (χ1) is 9.38. The fourth-order valence-electron chi connectivity index (χ4n) is 2.98. The van der Waals surface area contributed by atoms with E-state index in [2.05, 4.69) is 38.1 Å². The number of hydrogen-bond acceptors (Lipinski definition) is 2. The highest BCUT2D eigenvalue weighted by molar-refractivity contribution is 6.02. The molecule has 3 rings (SSSR count). The van der Waals surface area contributed by atoms with Gasteiger partial charge in [-0.3, -0.25) is 9.48 Å². The molecule has 0 amide bonds. The molecule has 1 aliphatic rings. The average Bonchev–Trinajstić information content (AvgIpc) is 2.93. The van der Waals surface area contributed by atoms with Crippen molar-refractivity contribution in [2.75, 3.05) is 0 Å². The highest BCUT2D eigenvalue weighted by atomic mass is 16.1. The van der Waals surface area contributed by atoms with Crippen LogP contribution in [0.3, 0.4) is 0 Å². The number of aryl methyl sites for hydroxylation is 1. The Hall–Kier alpha value is -1.90. The third-order valence-electron chi connectivity index (χ3n) is 3.91. The van der Waals surface area contributed by atoms with Crippen LogP contribution < -0.4 is 0 Å². The second kappa shape index (κ2) is 4.30. The van der Waals surface area contributed by atoms with Gasteiger partial charge in [-0.2, -0.15) is 5.10 Å². The minimum Gasteiger partial charge on any atom is -0.294 e. The summed E-state index contributed by atoms with van der Waals surface area (Å²) in [6.45, 7) is 6.52. The summed E-state index contributed by atoms with van der Waals surface area (Å²) >= 11 is 0. The van der Waals surface area contributed by atoms with Gasteiger partial charge < -0.3 is 0 Å². The maximum Gasteiger partial charge on any atom is 0.163 e. The quantitative estimate of drug-likeness (QED) is 0.793. The first-order valence-electron chi connectivity index (χ1n) is 7.07. The van der Waals surface area contributed by atoms with Crippen LogP contribution in [0, 0.1) is 0 Å². The highest BCUT2D eigenvalue weighted by Gasteiger charge is 2.27. The number of Topliss-reactive ketones (excluding diaryl/α,β-unsaturated/α-hetero) is 1. The number of ketones is 1. The zero-order valence-corrected chi connectivity index (χ0v) is 12.5. The second-order valence-electron chi connectivity index (χ2n) is 6.57. The third kappa shape index (κ3) is 1.98. The molecule has 0 saturated heterocycles. The van der Waals surface area contributed by atoms with E-state index in [9.17, 15) is 4.79 Å². The average molecular weight is 268 g/mol. The standard InChI is InChI=1S/C17H20N2O/c1-17(2,3)16-14(10-19(4)18-16)11-6-5-7-13-12(11)8-9-15(13)20/h5-7,10H,8-9H2,1-4H3. The van der Waals surface area contributed by atoms with Gasteiger partial charge in [0.25, 0.3) is 0 Å². The number of carbonyl (C=O) groups excluding carboxylic acids is 1. The van der Waals surface area contributed by atoms with Crippen molar-refractivity contribution in [3.63, 3.8) is 0 Å². The Morgan fingerprint density at radius 2 is 1.80 bits per heavy atom. The molecule has 0 N–H and O–H groups in total. The zero-order chi connectivity index (χ0) is 14.5. The molecule has 0 radical (unpaired) electrons. The van der Waals surface area contributed by atoms with Gasteiger partial charge in [0, 0.05) is 36.2 Å². The lowest BCUT2D eigenvalue weighted by Gasteiger charge is -2.18. The molecule has 1 heterocycles. The Morgan fingerprint density at radius 3 is 2.50 bits per heavy atom. The van der Waals surface area contributed by atoms with Gasteiger partial charge in [-0.1, -0.05) is 39.0 Å². The lowest BCUT2D eigenvalue weighted by molar-refractivity contribution is 0.0994. The molecule has 0 spiro atoms. The van der Waals surface area contributed by atoms with Crippen molar-refractivity contribution in [2.24, 2.45) is 7.05 Å². The number of benzene rings is 1. The summed E-state index contributed by atoms with van der Waals surface area (Å²) in [4.78, 5) is 11.9. The molecular weight excluding hydrogens is 248 g/mol. The minimum absolute atomic E-state index is 0.0120. The molecule has 0 fully saturated rings. The number of carbonyl (C=O) groups is 1. The Bertz CT molecular complexity index is 690. The smallest absolute Gasteiger partial charge is 0.163 e. The molecule has 104 valence electrons. The molecule has 0 saturated carbocycles. The maximum absolute atomic E-state index is 11.9. The van der Waals surface area contributed by atoms with E-state index >= 15 is 0 Å². The van der Waals surface area contributed by atoms with Gasteiger partial charge in [-0.15, -0.1) is 0 Å². The third-order valence-corrected chi connectivity index (χ3v) is 3.91. The summed E-state index contributed by atoms with van der Waals surface area (Å²) in [5.74, 6) is 0.267. The van der Waals surface area contributed by atoms with E-state index in [1.165, 1.54) is 11.1 Å². The molecular formula is C17H20N2O. The van der Waals surface area contributed by atoms with E-state index in [-0.39, 0.29) is 11.2 Å². The van der Waals surface area contributed by atoms with E-state index in [0.717, 1.165) is 23.2 Å². The van der Waals surface area contributed by atoms with Crippen LogP contribution >= 0.6 is 0 Å². The van der Waals surface area contributed by atoms with Crippen LogP contribution in [-0.4, -0.2) is 15.6 Å². The molecule has 0 bridgehead atoms. The van der Waals surface area contributed by atoms with Crippen LogP contribution in [0.5, 0.6) is 0 Å². The van der Waals surface area contributed by atoms with Crippen molar-refractivity contribution in [2.45, 2.75) is 39.0 Å². The van der Waals surface area contributed by atoms with Crippen molar-refractivity contribution in [1.29, 1.82) is 0 Å². The van der Waals surface area contributed by atoms with E-state index < -0.39 is 0 Å². The van der Waals surface area contributed by atoms with Gasteiger partial charge in [-0.25, -0.2) is 0 Å². The molecule has 0 unspecified atom stereocenters. The lowest BCUT2D eigenvalue weighted by Crippen LogP contribution is -2.14. The molecule has 0 atom stereocenters.